The van der Waals surface area contributed by atoms with Crippen LogP contribution in [0.25, 0.3) is 11.0 Å². The van der Waals surface area contributed by atoms with Crippen LogP contribution in [0.15, 0.2) is 36.8 Å². The Morgan fingerprint density at radius 3 is 2.41 bits per heavy atom. The number of fused-ring (bicyclic) bond motifs is 2. The van der Waals surface area contributed by atoms with Crippen molar-refractivity contribution < 1.29 is 14.6 Å². The van der Waals surface area contributed by atoms with Crippen LogP contribution in [0.5, 0.6) is 11.5 Å². The Bertz CT molecular complexity index is 1180. The van der Waals surface area contributed by atoms with Gasteiger partial charge in [-0.3, -0.25) is 4.98 Å². The number of aromatic nitrogens is 3. The highest BCUT2D eigenvalue weighted by molar-refractivity contribution is 6.82. The number of amides is 1. The molecule has 0 radical (unpaired) electrons. The van der Waals surface area contributed by atoms with Crippen LogP contribution < -0.4 is 4.74 Å². The molecule has 8 heteroatoms. The van der Waals surface area contributed by atoms with Crippen molar-refractivity contribution in [2.75, 3.05) is 6.54 Å². The maximum atomic E-state index is 11.5. The van der Waals surface area contributed by atoms with Gasteiger partial charge in [0.15, 0.2) is 8.24 Å². The first-order valence-corrected chi connectivity index (χ1v) is 14.4. The van der Waals surface area contributed by atoms with Gasteiger partial charge in [0, 0.05) is 18.7 Å². The second-order valence-electron chi connectivity index (χ2n) is 10.5. The molecular weight excluding hydrogens is 444 g/mol. The summed E-state index contributed by atoms with van der Waals surface area (Å²) in [6.45, 7) is 16.9. The zero-order valence-corrected chi connectivity index (χ0v) is 22.2. The third kappa shape index (κ3) is 3.87. The van der Waals surface area contributed by atoms with Crippen molar-refractivity contribution in [3.05, 3.63) is 48.0 Å². The fraction of sp³-hybridized carbons (Fsp3) is 0.500. The Morgan fingerprint density at radius 1 is 1.12 bits per heavy atom. The summed E-state index contributed by atoms with van der Waals surface area (Å²) < 4.78 is 8.81. The van der Waals surface area contributed by atoms with Gasteiger partial charge in [-0.2, -0.15) is 0 Å². The van der Waals surface area contributed by atoms with Crippen LogP contribution >= 0.6 is 0 Å². The number of pyridine rings is 2. The quantitative estimate of drug-likeness (QED) is 0.390. The number of hydrogen-bond donors (Lipinski definition) is 1. The predicted octanol–water partition coefficient (Wildman–Crippen LogP) is 6.84. The van der Waals surface area contributed by atoms with Crippen LogP contribution in [-0.4, -0.2) is 45.1 Å². The molecule has 4 heterocycles. The lowest BCUT2D eigenvalue weighted by Gasteiger charge is -2.44. The van der Waals surface area contributed by atoms with E-state index in [1.165, 1.54) is 4.90 Å². The number of nitrogens with zero attached hydrogens (tertiary/aromatic N) is 4. The maximum Gasteiger partial charge on any atom is 0.407 e. The molecule has 182 valence electrons. The molecule has 1 aliphatic heterocycles. The molecule has 0 spiro atoms. The minimum absolute atomic E-state index is 0.0525. The lowest BCUT2D eigenvalue weighted by atomic mass is 9.96. The van der Waals surface area contributed by atoms with Crippen LogP contribution in [0.3, 0.4) is 0 Å². The first-order valence-electron chi connectivity index (χ1n) is 12.2. The first-order chi connectivity index (χ1) is 16.1. The number of carboxylic acid groups (broad SMARTS) is 1. The highest BCUT2D eigenvalue weighted by Gasteiger charge is 2.46. The van der Waals surface area contributed by atoms with Crippen molar-refractivity contribution in [1.29, 1.82) is 0 Å². The van der Waals surface area contributed by atoms with Gasteiger partial charge in [-0.15, -0.1) is 0 Å². The molecular formula is C26H36N4O3Si. The van der Waals surface area contributed by atoms with Gasteiger partial charge in [-0.05, 0) is 46.6 Å². The van der Waals surface area contributed by atoms with E-state index in [-0.39, 0.29) is 5.92 Å². The van der Waals surface area contributed by atoms with Gasteiger partial charge >= 0.3 is 6.09 Å². The van der Waals surface area contributed by atoms with Gasteiger partial charge in [-0.25, -0.2) is 9.78 Å². The largest absolute Gasteiger partial charge is 0.465 e. The Kier molecular flexibility index (Phi) is 6.46. The van der Waals surface area contributed by atoms with Gasteiger partial charge in [0.2, 0.25) is 0 Å². The van der Waals surface area contributed by atoms with E-state index in [4.69, 9.17) is 9.72 Å². The summed E-state index contributed by atoms with van der Waals surface area (Å²) in [6, 6.07) is 5.93. The number of carbonyl (C=O) groups is 1. The van der Waals surface area contributed by atoms with Crippen molar-refractivity contribution in [2.24, 2.45) is 0 Å². The molecule has 0 bridgehead atoms. The van der Waals surface area contributed by atoms with Gasteiger partial charge in [-0.1, -0.05) is 48.5 Å². The summed E-state index contributed by atoms with van der Waals surface area (Å²) in [6.07, 6.45) is 4.85. The molecule has 0 fully saturated rings. The maximum absolute atomic E-state index is 11.5. The number of hydrogen-bond acceptors (Lipinski definition) is 4. The van der Waals surface area contributed by atoms with E-state index in [1.54, 1.807) is 6.20 Å². The summed E-state index contributed by atoms with van der Waals surface area (Å²) in [7, 11) is -1.95. The van der Waals surface area contributed by atoms with Crippen molar-refractivity contribution in [3.8, 4) is 11.5 Å². The molecule has 1 aliphatic rings. The van der Waals surface area contributed by atoms with Gasteiger partial charge in [0.25, 0.3) is 0 Å². The fourth-order valence-corrected chi connectivity index (χ4v) is 12.9. The van der Waals surface area contributed by atoms with E-state index in [1.807, 2.05) is 25.3 Å². The average Bonchev–Trinajstić information content (AvgIpc) is 3.18. The molecule has 34 heavy (non-hydrogen) atoms. The highest BCUT2D eigenvalue weighted by atomic mass is 28.3. The molecule has 1 unspecified atom stereocenters. The topological polar surface area (TPSA) is 80.5 Å². The third-order valence-corrected chi connectivity index (χ3v) is 14.3. The van der Waals surface area contributed by atoms with E-state index in [9.17, 15) is 9.90 Å². The highest BCUT2D eigenvalue weighted by Crippen LogP contribution is 2.45. The zero-order valence-electron chi connectivity index (χ0n) is 21.2. The number of ether oxygens (including phenoxy) is 1. The summed E-state index contributed by atoms with van der Waals surface area (Å²) in [5.74, 6) is 1.40. The Morgan fingerprint density at radius 2 is 1.79 bits per heavy atom. The normalized spacial score (nSPS) is 16.5. The van der Waals surface area contributed by atoms with Crippen LogP contribution in [-0.2, 0) is 6.54 Å². The van der Waals surface area contributed by atoms with E-state index >= 15 is 0 Å². The van der Waals surface area contributed by atoms with Gasteiger partial charge < -0.3 is 19.0 Å². The molecule has 0 aromatic carbocycles. The van der Waals surface area contributed by atoms with Crippen LogP contribution in [0, 0.1) is 0 Å². The molecule has 3 aromatic rings. The smallest absolute Gasteiger partial charge is 0.407 e. The van der Waals surface area contributed by atoms with Crippen LogP contribution in [0.1, 0.15) is 65.6 Å². The van der Waals surface area contributed by atoms with Crippen molar-refractivity contribution in [2.45, 2.75) is 77.6 Å². The number of rotatable bonds is 6. The zero-order chi connectivity index (χ0) is 24.8. The van der Waals surface area contributed by atoms with E-state index in [0.717, 1.165) is 28.0 Å². The Balaban J connectivity index is 1.74. The van der Waals surface area contributed by atoms with Crippen molar-refractivity contribution in [3.63, 3.8) is 0 Å². The predicted molar refractivity (Wildman–Crippen MR) is 137 cm³/mol. The third-order valence-electron chi connectivity index (χ3n) is 7.54. The molecule has 0 saturated carbocycles. The van der Waals surface area contributed by atoms with Gasteiger partial charge in [0.05, 0.1) is 23.8 Å². The first kappa shape index (κ1) is 24.3. The van der Waals surface area contributed by atoms with Crippen LogP contribution in [0.2, 0.25) is 16.6 Å². The van der Waals surface area contributed by atoms with Crippen molar-refractivity contribution >= 4 is 25.4 Å². The molecule has 7 nitrogen and oxygen atoms in total. The lowest BCUT2D eigenvalue weighted by molar-refractivity contribution is 0.135. The minimum atomic E-state index is -1.95. The van der Waals surface area contributed by atoms with Crippen LogP contribution in [0.4, 0.5) is 4.79 Å². The molecule has 0 saturated heterocycles. The van der Waals surface area contributed by atoms with Crippen molar-refractivity contribution in [1.82, 2.24) is 19.1 Å². The average molecular weight is 481 g/mol. The Labute approximate surface area is 202 Å². The molecule has 1 atom stereocenters. The van der Waals surface area contributed by atoms with E-state index < -0.39 is 14.3 Å². The Hall–Kier alpha value is -2.87. The standard InChI is InChI=1S/C26H36N4O3Si/c1-16(2)34(17(3)4,18(5)6)30-11-9-22-23(8-10-27-25(22)30)33-21-12-20-15-29(26(31)32)14-19(7)24(20)28-13-21/h8-13,16-19H,14-15H2,1-7H3,(H,31,32). The van der Waals surface area contributed by atoms with E-state index in [0.29, 0.717) is 35.5 Å². The second kappa shape index (κ2) is 9.06. The minimum Gasteiger partial charge on any atom is -0.465 e. The van der Waals surface area contributed by atoms with E-state index in [2.05, 4.69) is 63.0 Å². The summed E-state index contributed by atoms with van der Waals surface area (Å²) in [4.78, 5) is 22.4. The summed E-state index contributed by atoms with van der Waals surface area (Å²) >= 11 is 0. The fourth-order valence-electron chi connectivity index (χ4n) is 6.33. The molecule has 4 rings (SSSR count). The monoisotopic (exact) mass is 480 g/mol. The molecule has 1 amide bonds. The second-order valence-corrected chi connectivity index (χ2v) is 16.2. The molecule has 0 aliphatic carbocycles. The van der Waals surface area contributed by atoms with Gasteiger partial charge in [0.1, 0.15) is 17.1 Å². The lowest BCUT2D eigenvalue weighted by Crippen LogP contribution is -2.51. The summed E-state index contributed by atoms with van der Waals surface area (Å²) in [5.41, 5.74) is 4.47. The molecule has 3 aromatic heterocycles. The molecule has 1 N–H and O–H groups in total. The summed E-state index contributed by atoms with van der Waals surface area (Å²) in [5, 5.41) is 10.4. The SMILES string of the molecule is CC1CN(C(=O)O)Cc2cc(Oc3ccnc4c3ccn4[Si](C(C)C)(C(C)C)C(C)C)cnc21.